The summed E-state index contributed by atoms with van der Waals surface area (Å²) in [5.74, 6) is 0. The molecule has 1 nitrogen and oxygen atoms in total. The summed E-state index contributed by atoms with van der Waals surface area (Å²) in [6.07, 6.45) is 1.74. The van der Waals surface area contributed by atoms with Gasteiger partial charge in [0.05, 0.1) is 15.7 Å². The third-order valence-corrected chi connectivity index (χ3v) is 2.62. The lowest BCUT2D eigenvalue weighted by Crippen LogP contribution is -2.41. The van der Waals surface area contributed by atoms with Gasteiger partial charge in [0.15, 0.2) is 0 Å². The summed E-state index contributed by atoms with van der Waals surface area (Å²) in [6, 6.07) is 3.81. The van der Waals surface area contributed by atoms with Crippen molar-refractivity contribution in [1.82, 2.24) is 4.98 Å². The van der Waals surface area contributed by atoms with E-state index < -0.39 is 5.21 Å². The fraction of sp³-hybridized carbons (Fsp3) is 0.615. The first-order valence-electron chi connectivity index (χ1n) is 5.76. The number of hydrogen-bond donors (Lipinski definition) is 0. The van der Waals surface area contributed by atoms with Gasteiger partial charge in [-0.3, -0.25) is 4.98 Å². The molecule has 1 heterocycles. The predicted octanol–water partition coefficient (Wildman–Crippen LogP) is 2.95. The van der Waals surface area contributed by atoms with Crippen LogP contribution >= 0.6 is 0 Å². The zero-order valence-corrected chi connectivity index (χ0v) is 11.3. The van der Waals surface area contributed by atoms with Gasteiger partial charge in [0.1, 0.15) is 0 Å². The van der Waals surface area contributed by atoms with Gasteiger partial charge in [-0.2, -0.15) is 0 Å². The van der Waals surface area contributed by atoms with Gasteiger partial charge in [0.2, 0.25) is 0 Å². The van der Waals surface area contributed by atoms with Gasteiger partial charge in [0.25, 0.3) is 0 Å². The first-order valence-corrected chi connectivity index (χ1v) is 5.76. The average molecular weight is 213 g/mol. The van der Waals surface area contributed by atoms with Crippen molar-refractivity contribution < 1.29 is 0 Å². The van der Waals surface area contributed by atoms with Gasteiger partial charge < -0.3 is 0 Å². The van der Waals surface area contributed by atoms with E-state index in [0.29, 0.717) is 0 Å². The monoisotopic (exact) mass is 213 g/mol. The molecule has 3 heteroatoms. The molecular weight excluding hydrogens is 192 g/mol. The summed E-state index contributed by atoms with van der Waals surface area (Å²) in [5.41, 5.74) is 1.69. The Bertz CT molecular complexity index is 327. The standard InChI is InChI=1S/C11H15B2N.C2H6/c1-8-7-9(5-6-14-8)11(12,13)10(2,3)4;1-2/h5-7H,1-4H3;1-2H3. The highest BCUT2D eigenvalue weighted by Crippen LogP contribution is 2.35. The van der Waals surface area contributed by atoms with Crippen molar-refractivity contribution >= 4 is 15.7 Å². The van der Waals surface area contributed by atoms with Crippen LogP contribution in [0.25, 0.3) is 0 Å². The molecule has 4 radical (unpaired) electrons. The molecule has 0 N–H and O–H groups in total. The predicted molar refractivity (Wildman–Crippen MR) is 73.0 cm³/mol. The normalized spacial score (nSPS) is 11.6. The second-order valence-corrected chi connectivity index (χ2v) is 4.80. The summed E-state index contributed by atoms with van der Waals surface area (Å²) in [6.45, 7) is 12.0. The second-order valence-electron chi connectivity index (χ2n) is 4.80. The number of rotatable bonds is 1. The van der Waals surface area contributed by atoms with E-state index in [4.69, 9.17) is 15.7 Å². The molecule has 0 aliphatic carbocycles. The summed E-state index contributed by atoms with van der Waals surface area (Å²) in [5, 5.41) is -0.819. The molecule has 0 saturated carbocycles. The largest absolute Gasteiger partial charge is 0.262 e. The lowest BCUT2D eigenvalue weighted by Gasteiger charge is -2.40. The Morgan fingerprint density at radius 3 is 2.00 bits per heavy atom. The first kappa shape index (κ1) is 15.3. The first-order chi connectivity index (χ1) is 7.25. The minimum Gasteiger partial charge on any atom is -0.262 e. The van der Waals surface area contributed by atoms with Crippen molar-refractivity contribution in [2.75, 3.05) is 0 Å². The minimum absolute atomic E-state index is 0.180. The summed E-state index contributed by atoms with van der Waals surface area (Å²) >= 11 is 0. The van der Waals surface area contributed by atoms with Gasteiger partial charge in [-0.05, 0) is 24.5 Å². The van der Waals surface area contributed by atoms with Crippen LogP contribution in [-0.4, -0.2) is 20.7 Å². The lowest BCUT2D eigenvalue weighted by atomic mass is 9.41. The van der Waals surface area contributed by atoms with Crippen LogP contribution in [0.3, 0.4) is 0 Å². The third-order valence-electron chi connectivity index (χ3n) is 2.62. The Morgan fingerprint density at radius 1 is 1.12 bits per heavy atom. The highest BCUT2D eigenvalue weighted by Gasteiger charge is 2.33. The summed E-state index contributed by atoms with van der Waals surface area (Å²) in [4.78, 5) is 4.12. The molecule has 84 valence electrons. The number of pyridine rings is 1. The van der Waals surface area contributed by atoms with Crippen LogP contribution in [0.4, 0.5) is 0 Å². The number of aryl methyl sites for hydroxylation is 1. The molecule has 0 saturated heterocycles. The third kappa shape index (κ3) is 3.40. The van der Waals surface area contributed by atoms with Gasteiger partial charge in [-0.1, -0.05) is 45.4 Å². The van der Waals surface area contributed by atoms with Gasteiger partial charge in [-0.15, -0.1) is 0 Å². The maximum atomic E-state index is 6.13. The average Bonchev–Trinajstić information content (AvgIpc) is 2.19. The highest BCUT2D eigenvalue weighted by atomic mass is 14.6. The van der Waals surface area contributed by atoms with E-state index in [-0.39, 0.29) is 5.41 Å². The molecule has 0 unspecified atom stereocenters. The molecular formula is C13H21B2N. The second kappa shape index (κ2) is 5.56. The van der Waals surface area contributed by atoms with Crippen LogP contribution in [0.15, 0.2) is 18.3 Å². The number of nitrogens with zero attached hydrogens (tertiary/aromatic N) is 1. The SMILES string of the molecule is CC.[B]C([B])(c1ccnc(C)c1)C(C)(C)C. The van der Waals surface area contributed by atoms with Crippen molar-refractivity contribution in [3.63, 3.8) is 0 Å². The van der Waals surface area contributed by atoms with Crippen molar-refractivity contribution in [1.29, 1.82) is 0 Å². The van der Waals surface area contributed by atoms with Crippen LogP contribution < -0.4 is 0 Å². The molecule has 16 heavy (non-hydrogen) atoms. The molecule has 1 rings (SSSR count). The van der Waals surface area contributed by atoms with Gasteiger partial charge >= 0.3 is 0 Å². The molecule has 0 fully saturated rings. The Kier molecular flexibility index (Phi) is 5.31. The van der Waals surface area contributed by atoms with Crippen LogP contribution in [0, 0.1) is 12.3 Å². The fourth-order valence-corrected chi connectivity index (χ4v) is 1.24. The van der Waals surface area contributed by atoms with Crippen LogP contribution in [-0.2, 0) is 5.21 Å². The minimum atomic E-state index is -0.819. The highest BCUT2D eigenvalue weighted by molar-refractivity contribution is 6.40. The van der Waals surface area contributed by atoms with E-state index in [2.05, 4.69) is 4.98 Å². The maximum Gasteiger partial charge on any atom is 0.0689 e. The molecule has 1 aromatic rings. The molecule has 0 amide bonds. The van der Waals surface area contributed by atoms with E-state index in [9.17, 15) is 0 Å². The molecule has 0 bridgehead atoms. The molecule has 0 spiro atoms. The number of hydrogen-bond acceptors (Lipinski definition) is 1. The Balaban J connectivity index is 0.00000106. The van der Waals surface area contributed by atoms with Crippen molar-refractivity contribution in [2.24, 2.45) is 5.41 Å². The molecule has 0 atom stereocenters. The quantitative estimate of drug-likeness (QED) is 0.653. The summed E-state index contributed by atoms with van der Waals surface area (Å²) < 4.78 is 0. The Labute approximate surface area is 103 Å². The van der Waals surface area contributed by atoms with E-state index >= 15 is 0 Å². The lowest BCUT2D eigenvalue weighted by molar-refractivity contribution is 0.358. The topological polar surface area (TPSA) is 12.9 Å². The smallest absolute Gasteiger partial charge is 0.0689 e. The Hall–Kier alpha value is -0.720. The van der Waals surface area contributed by atoms with Gasteiger partial charge in [0, 0.05) is 11.9 Å². The van der Waals surface area contributed by atoms with Crippen LogP contribution in [0.1, 0.15) is 45.9 Å². The molecule has 0 aliphatic rings. The fourth-order valence-electron chi connectivity index (χ4n) is 1.24. The van der Waals surface area contributed by atoms with Crippen molar-refractivity contribution in [2.45, 2.75) is 46.8 Å². The number of aromatic nitrogens is 1. The maximum absolute atomic E-state index is 6.13. The van der Waals surface area contributed by atoms with E-state index in [1.165, 1.54) is 0 Å². The van der Waals surface area contributed by atoms with Gasteiger partial charge in [-0.25, -0.2) is 0 Å². The molecule has 0 aliphatic heterocycles. The Morgan fingerprint density at radius 2 is 1.62 bits per heavy atom. The van der Waals surface area contributed by atoms with E-state index in [1.807, 2.05) is 53.7 Å². The zero-order valence-electron chi connectivity index (χ0n) is 11.3. The van der Waals surface area contributed by atoms with E-state index in [0.717, 1.165) is 11.3 Å². The van der Waals surface area contributed by atoms with Crippen LogP contribution in [0.2, 0.25) is 0 Å². The zero-order chi connectivity index (χ0) is 13.0. The molecule has 1 aromatic heterocycles. The summed E-state index contributed by atoms with van der Waals surface area (Å²) in [7, 11) is 12.3. The molecule has 0 aromatic carbocycles. The van der Waals surface area contributed by atoms with Crippen molar-refractivity contribution in [3.8, 4) is 0 Å². The van der Waals surface area contributed by atoms with E-state index in [1.54, 1.807) is 6.20 Å². The van der Waals surface area contributed by atoms with Crippen molar-refractivity contribution in [3.05, 3.63) is 29.6 Å². The van der Waals surface area contributed by atoms with Crippen LogP contribution in [0.5, 0.6) is 0 Å².